The van der Waals surface area contributed by atoms with Crippen LogP contribution >= 0.6 is 11.6 Å². The first-order chi connectivity index (χ1) is 16.0. The van der Waals surface area contributed by atoms with Gasteiger partial charge >= 0.3 is 0 Å². The van der Waals surface area contributed by atoms with Gasteiger partial charge in [0.05, 0.1) is 0 Å². The fourth-order valence-electron chi connectivity index (χ4n) is 3.16. The topological polar surface area (TPSA) is 97.1 Å². The quantitative estimate of drug-likeness (QED) is 0.395. The summed E-state index contributed by atoms with van der Waals surface area (Å²) in [5.41, 5.74) is 3.67. The van der Waals surface area contributed by atoms with Crippen molar-refractivity contribution in [3.63, 3.8) is 0 Å². The van der Waals surface area contributed by atoms with Gasteiger partial charge in [-0.05, 0) is 67.6 Å². The zero-order valence-electron chi connectivity index (χ0n) is 17.8. The Bertz CT molecular complexity index is 1270. The van der Waals surface area contributed by atoms with Crippen LogP contribution in [-0.4, -0.2) is 35.1 Å². The maximum Gasteiger partial charge on any atom is 0.251 e. The minimum absolute atomic E-state index is 0.227. The van der Waals surface area contributed by atoms with Gasteiger partial charge in [0.1, 0.15) is 0 Å². The van der Waals surface area contributed by atoms with E-state index >= 15 is 0 Å². The Morgan fingerprint density at radius 3 is 1.91 bits per heavy atom. The average Bonchev–Trinajstić information content (AvgIpc) is 3.32. The second-order valence-corrected chi connectivity index (χ2v) is 7.81. The Labute approximate surface area is 195 Å². The van der Waals surface area contributed by atoms with Gasteiger partial charge in [0.25, 0.3) is 11.8 Å². The molecule has 33 heavy (non-hydrogen) atoms. The number of carbonyl (C=O) groups excluding carboxylic acids is 2. The number of benzene rings is 3. The number of carbonyl (C=O) groups is 2. The van der Waals surface area contributed by atoms with Gasteiger partial charge in [-0.1, -0.05) is 29.3 Å². The van der Waals surface area contributed by atoms with E-state index in [0.717, 1.165) is 11.1 Å². The van der Waals surface area contributed by atoms with Crippen LogP contribution < -0.4 is 10.6 Å². The van der Waals surface area contributed by atoms with Crippen molar-refractivity contribution in [3.8, 4) is 22.9 Å². The minimum atomic E-state index is -0.242. The van der Waals surface area contributed by atoms with Crippen molar-refractivity contribution >= 4 is 23.4 Å². The monoisotopic (exact) mass is 460 g/mol. The molecule has 4 aromatic rings. The van der Waals surface area contributed by atoms with E-state index in [1.807, 2.05) is 31.2 Å². The first kappa shape index (κ1) is 22.2. The molecule has 4 rings (SSSR count). The van der Waals surface area contributed by atoms with Crippen LogP contribution in [0.1, 0.15) is 26.3 Å². The van der Waals surface area contributed by atoms with Crippen LogP contribution in [0.25, 0.3) is 22.9 Å². The SMILES string of the molecule is Cc1cccc(-c2nnc(-c3ccc(C(=O)NCCNC(=O)c4ccc(Cl)cc4)cc3)o2)c1. The molecule has 8 heteroatoms. The molecule has 2 N–H and O–H groups in total. The maximum atomic E-state index is 12.4. The summed E-state index contributed by atoms with van der Waals surface area (Å²) < 4.78 is 5.79. The fourth-order valence-corrected chi connectivity index (χ4v) is 3.28. The van der Waals surface area contributed by atoms with Gasteiger partial charge in [-0.3, -0.25) is 9.59 Å². The average molecular weight is 461 g/mol. The highest BCUT2D eigenvalue weighted by Crippen LogP contribution is 2.24. The predicted molar refractivity (Wildman–Crippen MR) is 126 cm³/mol. The van der Waals surface area contributed by atoms with Gasteiger partial charge in [0, 0.05) is 40.4 Å². The molecule has 1 aromatic heterocycles. The van der Waals surface area contributed by atoms with E-state index in [2.05, 4.69) is 20.8 Å². The molecule has 3 aromatic carbocycles. The smallest absolute Gasteiger partial charge is 0.251 e. The van der Waals surface area contributed by atoms with Crippen LogP contribution in [0.4, 0.5) is 0 Å². The molecular weight excluding hydrogens is 440 g/mol. The lowest BCUT2D eigenvalue weighted by atomic mass is 10.1. The zero-order chi connectivity index (χ0) is 23.2. The van der Waals surface area contributed by atoms with Gasteiger partial charge in [-0.2, -0.15) is 0 Å². The van der Waals surface area contributed by atoms with Crippen LogP contribution in [-0.2, 0) is 0 Å². The molecule has 0 saturated heterocycles. The molecule has 0 aliphatic carbocycles. The lowest BCUT2D eigenvalue weighted by Gasteiger charge is -2.07. The predicted octanol–water partition coefficient (Wildman–Crippen LogP) is 4.53. The molecule has 0 aliphatic rings. The van der Waals surface area contributed by atoms with Crippen molar-refractivity contribution in [3.05, 3.63) is 94.5 Å². The van der Waals surface area contributed by atoms with E-state index in [-0.39, 0.29) is 11.8 Å². The van der Waals surface area contributed by atoms with E-state index < -0.39 is 0 Å². The van der Waals surface area contributed by atoms with Crippen molar-refractivity contribution in [2.24, 2.45) is 0 Å². The van der Waals surface area contributed by atoms with Crippen molar-refractivity contribution in [2.45, 2.75) is 6.92 Å². The normalized spacial score (nSPS) is 10.6. The molecule has 0 fully saturated rings. The Kier molecular flexibility index (Phi) is 6.80. The number of aryl methyl sites for hydroxylation is 1. The van der Waals surface area contributed by atoms with Gasteiger partial charge in [-0.15, -0.1) is 10.2 Å². The van der Waals surface area contributed by atoms with E-state index in [4.69, 9.17) is 16.0 Å². The third-order valence-corrected chi connectivity index (χ3v) is 5.14. The molecule has 1 heterocycles. The molecule has 0 radical (unpaired) electrons. The summed E-state index contributed by atoms with van der Waals surface area (Å²) in [5.74, 6) is 0.350. The van der Waals surface area contributed by atoms with Crippen molar-refractivity contribution < 1.29 is 14.0 Å². The standard InChI is InChI=1S/C25H21ClN4O3/c1-16-3-2-4-20(15-16)25-30-29-24(33-25)19-7-5-17(6-8-19)22(31)27-13-14-28-23(32)18-9-11-21(26)12-10-18/h2-12,15H,13-14H2,1H3,(H,27,31)(H,28,32). The lowest BCUT2D eigenvalue weighted by Crippen LogP contribution is -2.34. The second kappa shape index (κ2) is 10.1. The molecule has 0 saturated carbocycles. The highest BCUT2D eigenvalue weighted by atomic mass is 35.5. The highest BCUT2D eigenvalue weighted by Gasteiger charge is 2.12. The van der Waals surface area contributed by atoms with Gasteiger partial charge in [0.15, 0.2) is 0 Å². The number of rotatable bonds is 7. The molecule has 0 bridgehead atoms. The number of aromatic nitrogens is 2. The summed E-state index contributed by atoms with van der Waals surface area (Å²) in [6.45, 7) is 2.59. The van der Waals surface area contributed by atoms with Crippen molar-refractivity contribution in [2.75, 3.05) is 13.1 Å². The second-order valence-electron chi connectivity index (χ2n) is 7.38. The third-order valence-electron chi connectivity index (χ3n) is 4.89. The third kappa shape index (κ3) is 5.64. The minimum Gasteiger partial charge on any atom is -0.416 e. The van der Waals surface area contributed by atoms with E-state index in [0.29, 0.717) is 46.6 Å². The largest absolute Gasteiger partial charge is 0.416 e. The molecule has 2 amide bonds. The summed E-state index contributed by atoms with van der Waals surface area (Å²) in [6, 6.07) is 21.3. The first-order valence-corrected chi connectivity index (χ1v) is 10.7. The van der Waals surface area contributed by atoms with E-state index in [1.165, 1.54) is 0 Å². The van der Waals surface area contributed by atoms with E-state index in [9.17, 15) is 9.59 Å². The van der Waals surface area contributed by atoms with Gasteiger partial charge in [-0.25, -0.2) is 0 Å². The number of hydrogen-bond donors (Lipinski definition) is 2. The molecule has 7 nitrogen and oxygen atoms in total. The Hall–Kier alpha value is -3.97. The lowest BCUT2D eigenvalue weighted by molar-refractivity contribution is 0.0927. The number of nitrogens with one attached hydrogen (secondary N) is 2. The highest BCUT2D eigenvalue weighted by molar-refractivity contribution is 6.30. The van der Waals surface area contributed by atoms with Crippen LogP contribution in [0.15, 0.2) is 77.2 Å². The molecule has 0 atom stereocenters. The summed E-state index contributed by atoms with van der Waals surface area (Å²) in [5, 5.41) is 14.3. The summed E-state index contributed by atoms with van der Waals surface area (Å²) in [6.07, 6.45) is 0. The van der Waals surface area contributed by atoms with Crippen LogP contribution in [0.2, 0.25) is 5.02 Å². The fraction of sp³-hybridized carbons (Fsp3) is 0.120. The van der Waals surface area contributed by atoms with Gasteiger partial charge < -0.3 is 15.1 Å². The first-order valence-electron chi connectivity index (χ1n) is 10.3. The number of nitrogens with zero attached hydrogens (tertiary/aromatic N) is 2. The number of hydrogen-bond acceptors (Lipinski definition) is 5. The Balaban J connectivity index is 1.29. The summed E-state index contributed by atoms with van der Waals surface area (Å²) in [7, 11) is 0. The molecule has 0 spiro atoms. The van der Waals surface area contributed by atoms with Crippen LogP contribution in [0.5, 0.6) is 0 Å². The molecule has 0 aliphatic heterocycles. The summed E-state index contributed by atoms with van der Waals surface area (Å²) in [4.78, 5) is 24.4. The number of amides is 2. The van der Waals surface area contributed by atoms with Crippen LogP contribution in [0.3, 0.4) is 0 Å². The summed E-state index contributed by atoms with van der Waals surface area (Å²) >= 11 is 5.82. The molecule has 0 unspecified atom stereocenters. The maximum absolute atomic E-state index is 12.4. The Morgan fingerprint density at radius 2 is 1.33 bits per heavy atom. The van der Waals surface area contributed by atoms with Crippen molar-refractivity contribution in [1.29, 1.82) is 0 Å². The molecular formula is C25H21ClN4O3. The van der Waals surface area contributed by atoms with Gasteiger partial charge in [0.2, 0.25) is 11.8 Å². The van der Waals surface area contributed by atoms with E-state index in [1.54, 1.807) is 48.5 Å². The molecule has 166 valence electrons. The Morgan fingerprint density at radius 1 is 0.788 bits per heavy atom. The number of halogens is 1. The van der Waals surface area contributed by atoms with Crippen molar-refractivity contribution in [1.82, 2.24) is 20.8 Å². The zero-order valence-corrected chi connectivity index (χ0v) is 18.6. The van der Waals surface area contributed by atoms with Crippen LogP contribution in [0, 0.1) is 6.92 Å².